The van der Waals surface area contributed by atoms with Crippen LogP contribution in [0.15, 0.2) is 36.4 Å². The minimum Gasteiger partial charge on any atom is -0.488 e. The van der Waals surface area contributed by atoms with Gasteiger partial charge >= 0.3 is 0 Å². The van der Waals surface area contributed by atoms with E-state index >= 15 is 0 Å². The topological polar surface area (TPSA) is 9.23 Å². The van der Waals surface area contributed by atoms with Crippen LogP contribution in [-0.4, -0.2) is 6.61 Å². The second-order valence-corrected chi connectivity index (χ2v) is 4.16. The van der Waals surface area contributed by atoms with Gasteiger partial charge in [0, 0.05) is 5.56 Å². The van der Waals surface area contributed by atoms with E-state index in [4.69, 9.17) is 4.74 Å². The second kappa shape index (κ2) is 3.93. The average Bonchev–Trinajstić information content (AvgIpc) is 2.27. The first-order valence-corrected chi connectivity index (χ1v) is 5.30. The van der Waals surface area contributed by atoms with Crippen LogP contribution in [0.1, 0.15) is 30.9 Å². The van der Waals surface area contributed by atoms with Crippen molar-refractivity contribution in [3.63, 3.8) is 0 Å². The summed E-state index contributed by atoms with van der Waals surface area (Å²) in [6, 6.07) is 6.42. The van der Waals surface area contributed by atoms with Crippen molar-refractivity contribution in [1.82, 2.24) is 0 Å². The van der Waals surface area contributed by atoms with Gasteiger partial charge in [0.2, 0.25) is 0 Å². The molecule has 0 fully saturated rings. The molecule has 78 valence electrons. The minimum atomic E-state index is 0.545. The van der Waals surface area contributed by atoms with Gasteiger partial charge in [-0.3, -0.25) is 0 Å². The third kappa shape index (κ3) is 1.96. The van der Waals surface area contributed by atoms with Crippen LogP contribution in [0.5, 0.6) is 5.75 Å². The van der Waals surface area contributed by atoms with Crippen LogP contribution in [0.2, 0.25) is 0 Å². The molecular formula is C14H16O. The Kier molecular flexibility index (Phi) is 2.63. The number of ether oxygens (including phenoxy) is 1. The van der Waals surface area contributed by atoms with Crippen molar-refractivity contribution >= 4 is 6.08 Å². The number of fused-ring (bicyclic) bond motifs is 1. The molecule has 0 saturated carbocycles. The van der Waals surface area contributed by atoms with Crippen LogP contribution in [0.3, 0.4) is 0 Å². The molecule has 0 spiro atoms. The summed E-state index contributed by atoms with van der Waals surface area (Å²) < 4.78 is 5.68. The number of rotatable bonds is 2. The summed E-state index contributed by atoms with van der Waals surface area (Å²) in [4.78, 5) is 0. The van der Waals surface area contributed by atoms with Gasteiger partial charge in [0.1, 0.15) is 12.4 Å². The zero-order valence-electron chi connectivity index (χ0n) is 9.29. The van der Waals surface area contributed by atoms with Crippen molar-refractivity contribution in [3.05, 3.63) is 47.6 Å². The van der Waals surface area contributed by atoms with Crippen molar-refractivity contribution in [1.29, 1.82) is 0 Å². The van der Waals surface area contributed by atoms with E-state index in [2.05, 4.69) is 44.7 Å². The highest BCUT2D eigenvalue weighted by atomic mass is 16.5. The Labute approximate surface area is 91.1 Å². The fourth-order valence-corrected chi connectivity index (χ4v) is 1.67. The predicted octanol–water partition coefficient (Wildman–Crippen LogP) is 3.77. The van der Waals surface area contributed by atoms with Crippen LogP contribution in [0.25, 0.3) is 6.08 Å². The molecule has 2 rings (SSSR count). The van der Waals surface area contributed by atoms with Gasteiger partial charge in [-0.1, -0.05) is 38.6 Å². The van der Waals surface area contributed by atoms with E-state index in [1.165, 1.54) is 5.56 Å². The van der Waals surface area contributed by atoms with E-state index < -0.39 is 0 Å². The zero-order chi connectivity index (χ0) is 10.8. The lowest BCUT2D eigenvalue weighted by molar-refractivity contribution is 0.350. The van der Waals surface area contributed by atoms with Crippen LogP contribution in [0, 0.1) is 0 Å². The van der Waals surface area contributed by atoms with Crippen LogP contribution in [-0.2, 0) is 0 Å². The number of hydrogen-bond donors (Lipinski definition) is 0. The van der Waals surface area contributed by atoms with Crippen LogP contribution >= 0.6 is 0 Å². The Bertz CT molecular complexity index is 413. The van der Waals surface area contributed by atoms with Gasteiger partial charge in [0.05, 0.1) is 0 Å². The highest BCUT2D eigenvalue weighted by Crippen LogP contribution is 2.29. The highest BCUT2D eigenvalue weighted by Gasteiger charge is 2.11. The molecule has 1 aromatic rings. The molecule has 0 aliphatic carbocycles. The molecular weight excluding hydrogens is 184 g/mol. The third-order valence-electron chi connectivity index (χ3n) is 2.70. The van der Waals surface area contributed by atoms with E-state index in [0.717, 1.165) is 16.9 Å². The van der Waals surface area contributed by atoms with Crippen molar-refractivity contribution < 1.29 is 4.74 Å². The van der Waals surface area contributed by atoms with Crippen molar-refractivity contribution in [2.24, 2.45) is 0 Å². The fraction of sp³-hybridized carbons (Fsp3) is 0.286. The molecule has 0 atom stereocenters. The molecule has 1 heteroatoms. The summed E-state index contributed by atoms with van der Waals surface area (Å²) in [5, 5.41) is 0. The van der Waals surface area contributed by atoms with Gasteiger partial charge < -0.3 is 4.74 Å². The lowest BCUT2D eigenvalue weighted by Crippen LogP contribution is -2.06. The first-order valence-electron chi connectivity index (χ1n) is 5.30. The SMILES string of the molecule is C=CC1=Cc2ccc(C(C)C)cc2OC1. The molecule has 1 aliphatic rings. The molecule has 0 unspecified atom stereocenters. The van der Waals surface area contributed by atoms with Crippen molar-refractivity contribution in [2.75, 3.05) is 6.61 Å². The monoisotopic (exact) mass is 200 g/mol. The van der Waals surface area contributed by atoms with Crippen molar-refractivity contribution in [2.45, 2.75) is 19.8 Å². The number of benzene rings is 1. The maximum atomic E-state index is 5.68. The van der Waals surface area contributed by atoms with Gasteiger partial charge in [0.15, 0.2) is 0 Å². The summed E-state index contributed by atoms with van der Waals surface area (Å²) in [6.45, 7) is 8.77. The Morgan fingerprint density at radius 1 is 1.40 bits per heavy atom. The summed E-state index contributed by atoms with van der Waals surface area (Å²) in [5.41, 5.74) is 3.62. The summed E-state index contributed by atoms with van der Waals surface area (Å²) >= 11 is 0. The van der Waals surface area contributed by atoms with Gasteiger partial charge in [-0.2, -0.15) is 0 Å². The van der Waals surface area contributed by atoms with Crippen molar-refractivity contribution in [3.8, 4) is 5.75 Å². The molecule has 0 bridgehead atoms. The van der Waals surface area contributed by atoms with Gasteiger partial charge in [-0.15, -0.1) is 0 Å². The van der Waals surface area contributed by atoms with E-state index in [-0.39, 0.29) is 0 Å². The first kappa shape index (κ1) is 10.0. The van der Waals surface area contributed by atoms with Gasteiger partial charge in [0.25, 0.3) is 0 Å². The zero-order valence-corrected chi connectivity index (χ0v) is 9.29. The molecule has 0 aromatic heterocycles. The molecule has 1 heterocycles. The second-order valence-electron chi connectivity index (χ2n) is 4.16. The Morgan fingerprint density at radius 2 is 2.20 bits per heavy atom. The largest absolute Gasteiger partial charge is 0.488 e. The molecule has 1 aromatic carbocycles. The fourth-order valence-electron chi connectivity index (χ4n) is 1.67. The normalized spacial score (nSPS) is 14.2. The molecule has 0 amide bonds. The summed E-state index contributed by atoms with van der Waals surface area (Å²) in [6.07, 6.45) is 3.98. The Hall–Kier alpha value is -1.50. The molecule has 0 saturated heterocycles. The summed E-state index contributed by atoms with van der Waals surface area (Å²) in [7, 11) is 0. The Morgan fingerprint density at radius 3 is 2.87 bits per heavy atom. The minimum absolute atomic E-state index is 0.545. The Balaban J connectivity index is 2.40. The van der Waals surface area contributed by atoms with Crippen LogP contribution in [0.4, 0.5) is 0 Å². The van der Waals surface area contributed by atoms with Crippen LogP contribution < -0.4 is 4.74 Å². The standard InChI is InChI=1S/C14H16O/c1-4-11-7-13-6-5-12(10(2)3)8-14(13)15-9-11/h4-8,10H,1,9H2,2-3H3. The lowest BCUT2D eigenvalue weighted by atomic mass is 9.99. The first-order chi connectivity index (χ1) is 7.20. The van der Waals surface area contributed by atoms with Gasteiger partial charge in [-0.05, 0) is 29.2 Å². The smallest absolute Gasteiger partial charge is 0.127 e. The van der Waals surface area contributed by atoms with E-state index in [9.17, 15) is 0 Å². The summed E-state index contributed by atoms with van der Waals surface area (Å²) in [5.74, 6) is 1.54. The maximum Gasteiger partial charge on any atom is 0.127 e. The molecule has 1 nitrogen and oxygen atoms in total. The molecule has 1 aliphatic heterocycles. The van der Waals surface area contributed by atoms with E-state index in [0.29, 0.717) is 12.5 Å². The molecule has 0 radical (unpaired) electrons. The highest BCUT2D eigenvalue weighted by molar-refractivity contribution is 5.64. The van der Waals surface area contributed by atoms with E-state index in [1.54, 1.807) is 0 Å². The molecule has 15 heavy (non-hydrogen) atoms. The number of hydrogen-bond acceptors (Lipinski definition) is 1. The third-order valence-corrected chi connectivity index (χ3v) is 2.70. The average molecular weight is 200 g/mol. The molecule has 0 N–H and O–H groups in total. The maximum absolute atomic E-state index is 5.68. The lowest BCUT2D eigenvalue weighted by Gasteiger charge is -2.17. The van der Waals surface area contributed by atoms with Gasteiger partial charge in [-0.25, -0.2) is 0 Å². The van der Waals surface area contributed by atoms with E-state index in [1.807, 2.05) is 6.08 Å². The quantitative estimate of drug-likeness (QED) is 0.706. The predicted molar refractivity (Wildman–Crippen MR) is 64.2 cm³/mol.